The van der Waals surface area contributed by atoms with E-state index in [0.29, 0.717) is 19.4 Å². The van der Waals surface area contributed by atoms with Crippen LogP contribution < -0.4 is 0 Å². The van der Waals surface area contributed by atoms with Crippen molar-refractivity contribution in [2.75, 3.05) is 13.6 Å². The summed E-state index contributed by atoms with van der Waals surface area (Å²) in [6.45, 7) is 0.675. The van der Waals surface area contributed by atoms with Crippen LogP contribution in [0.5, 0.6) is 0 Å². The molecule has 1 aromatic rings. The van der Waals surface area contributed by atoms with Crippen molar-refractivity contribution >= 4 is 5.91 Å². The number of rotatable bonds is 5. The second-order valence-corrected chi connectivity index (χ2v) is 3.58. The lowest BCUT2D eigenvalue weighted by molar-refractivity contribution is -0.129. The van der Waals surface area contributed by atoms with Gasteiger partial charge in [-0.05, 0) is 24.1 Å². The number of carbonyl (C=O) groups excluding carboxylic acids is 1. The van der Waals surface area contributed by atoms with E-state index in [2.05, 4.69) is 4.98 Å². The van der Waals surface area contributed by atoms with E-state index in [0.717, 1.165) is 12.0 Å². The van der Waals surface area contributed by atoms with E-state index < -0.39 is 0 Å². The van der Waals surface area contributed by atoms with Gasteiger partial charge in [0.05, 0.1) is 6.07 Å². The maximum atomic E-state index is 11.5. The van der Waals surface area contributed by atoms with Gasteiger partial charge in [-0.1, -0.05) is 0 Å². The smallest absolute Gasteiger partial charge is 0.223 e. The molecule has 0 aliphatic heterocycles. The third kappa shape index (κ3) is 4.09. The summed E-state index contributed by atoms with van der Waals surface area (Å²) in [6, 6.07) is 5.85. The van der Waals surface area contributed by atoms with E-state index in [1.165, 1.54) is 0 Å². The standard InChI is InChI=1S/C12H15N3O/c1-15(12(16)3-2-7-13)10-6-11-4-8-14-9-5-11/h4-5,8-9H,2-3,6,10H2,1H3. The van der Waals surface area contributed by atoms with Gasteiger partial charge in [0.2, 0.25) is 5.91 Å². The topological polar surface area (TPSA) is 57.0 Å². The average Bonchev–Trinajstić information content (AvgIpc) is 2.34. The number of aromatic nitrogens is 1. The highest BCUT2D eigenvalue weighted by Gasteiger charge is 2.07. The molecule has 1 rings (SSSR count). The maximum Gasteiger partial charge on any atom is 0.223 e. The lowest BCUT2D eigenvalue weighted by Gasteiger charge is -2.16. The molecule has 0 aromatic carbocycles. The third-order valence-electron chi connectivity index (χ3n) is 2.36. The lowest BCUT2D eigenvalue weighted by atomic mass is 10.2. The molecular weight excluding hydrogens is 202 g/mol. The Morgan fingerprint density at radius 3 is 2.81 bits per heavy atom. The quantitative estimate of drug-likeness (QED) is 0.748. The first-order valence-electron chi connectivity index (χ1n) is 5.24. The van der Waals surface area contributed by atoms with Gasteiger partial charge >= 0.3 is 0 Å². The van der Waals surface area contributed by atoms with Crippen LogP contribution in [0.3, 0.4) is 0 Å². The second-order valence-electron chi connectivity index (χ2n) is 3.58. The Kier molecular flexibility index (Phi) is 5.00. The number of amides is 1. The average molecular weight is 217 g/mol. The van der Waals surface area contributed by atoms with Gasteiger partial charge in [-0.25, -0.2) is 0 Å². The van der Waals surface area contributed by atoms with Crippen molar-refractivity contribution < 1.29 is 4.79 Å². The fraction of sp³-hybridized carbons (Fsp3) is 0.417. The Morgan fingerprint density at radius 1 is 1.50 bits per heavy atom. The zero-order chi connectivity index (χ0) is 11.8. The first-order chi connectivity index (χ1) is 7.74. The molecule has 1 heterocycles. The molecule has 1 amide bonds. The van der Waals surface area contributed by atoms with Gasteiger partial charge in [0.25, 0.3) is 0 Å². The van der Waals surface area contributed by atoms with Crippen LogP contribution >= 0.6 is 0 Å². The summed E-state index contributed by atoms with van der Waals surface area (Å²) >= 11 is 0. The Bertz CT molecular complexity index is 370. The molecule has 0 fully saturated rings. The van der Waals surface area contributed by atoms with Crippen LogP contribution in [0.25, 0.3) is 0 Å². The van der Waals surface area contributed by atoms with E-state index in [1.54, 1.807) is 24.3 Å². The van der Waals surface area contributed by atoms with Crippen molar-refractivity contribution in [3.8, 4) is 6.07 Å². The van der Waals surface area contributed by atoms with Crippen molar-refractivity contribution in [3.05, 3.63) is 30.1 Å². The van der Waals surface area contributed by atoms with Crippen molar-refractivity contribution in [1.29, 1.82) is 5.26 Å². The SMILES string of the molecule is CN(CCc1ccncc1)C(=O)CCC#N. The Labute approximate surface area is 95.5 Å². The Morgan fingerprint density at radius 2 is 2.19 bits per heavy atom. The minimum Gasteiger partial charge on any atom is -0.345 e. The summed E-state index contributed by atoms with van der Waals surface area (Å²) in [5.74, 6) is 0.0237. The van der Waals surface area contributed by atoms with Crippen molar-refractivity contribution in [1.82, 2.24) is 9.88 Å². The third-order valence-corrected chi connectivity index (χ3v) is 2.36. The Balaban J connectivity index is 2.33. The van der Waals surface area contributed by atoms with Crippen LogP contribution in [0.2, 0.25) is 0 Å². The van der Waals surface area contributed by atoms with Crippen molar-refractivity contribution in [3.63, 3.8) is 0 Å². The van der Waals surface area contributed by atoms with E-state index >= 15 is 0 Å². The molecule has 1 aromatic heterocycles. The molecule has 0 aliphatic rings. The molecule has 0 bridgehead atoms. The number of nitriles is 1. The van der Waals surface area contributed by atoms with Crippen molar-refractivity contribution in [2.24, 2.45) is 0 Å². The molecule has 4 heteroatoms. The predicted octanol–water partition coefficient (Wildman–Crippen LogP) is 1.39. The monoisotopic (exact) mass is 217 g/mol. The minimum atomic E-state index is 0.0237. The number of hydrogen-bond acceptors (Lipinski definition) is 3. The van der Waals surface area contributed by atoms with Crippen LogP contribution in [0, 0.1) is 11.3 Å². The fourth-order valence-corrected chi connectivity index (χ4v) is 1.32. The van der Waals surface area contributed by atoms with Gasteiger partial charge in [-0.15, -0.1) is 0 Å². The van der Waals surface area contributed by atoms with Gasteiger partial charge in [0.1, 0.15) is 0 Å². The summed E-state index contributed by atoms with van der Waals surface area (Å²) in [4.78, 5) is 17.1. The molecule has 0 N–H and O–H groups in total. The van der Waals surface area contributed by atoms with E-state index in [4.69, 9.17) is 5.26 Å². The zero-order valence-electron chi connectivity index (χ0n) is 9.39. The number of carbonyl (C=O) groups is 1. The van der Waals surface area contributed by atoms with Gasteiger partial charge in [-0.3, -0.25) is 9.78 Å². The molecule has 0 saturated carbocycles. The molecule has 0 atom stereocenters. The van der Waals surface area contributed by atoms with Gasteiger partial charge in [0, 0.05) is 38.8 Å². The van der Waals surface area contributed by atoms with Crippen LogP contribution in [0.4, 0.5) is 0 Å². The lowest BCUT2D eigenvalue weighted by Crippen LogP contribution is -2.28. The molecule has 0 aliphatic carbocycles. The molecule has 0 unspecified atom stereocenters. The molecule has 0 saturated heterocycles. The molecular formula is C12H15N3O. The van der Waals surface area contributed by atoms with Gasteiger partial charge in [-0.2, -0.15) is 5.26 Å². The van der Waals surface area contributed by atoms with E-state index in [9.17, 15) is 4.79 Å². The second kappa shape index (κ2) is 6.57. The number of pyridine rings is 1. The van der Waals surface area contributed by atoms with Gasteiger partial charge < -0.3 is 4.90 Å². The summed E-state index contributed by atoms with van der Waals surface area (Å²) in [7, 11) is 1.76. The molecule has 0 radical (unpaired) electrons. The zero-order valence-corrected chi connectivity index (χ0v) is 9.39. The number of hydrogen-bond donors (Lipinski definition) is 0. The molecule has 0 spiro atoms. The van der Waals surface area contributed by atoms with Crippen molar-refractivity contribution in [2.45, 2.75) is 19.3 Å². The predicted molar refractivity (Wildman–Crippen MR) is 60.4 cm³/mol. The molecule has 16 heavy (non-hydrogen) atoms. The summed E-state index contributed by atoms with van der Waals surface area (Å²) < 4.78 is 0. The minimum absolute atomic E-state index is 0.0237. The summed E-state index contributed by atoms with van der Waals surface area (Å²) in [5.41, 5.74) is 1.16. The highest BCUT2D eigenvalue weighted by Crippen LogP contribution is 2.01. The largest absolute Gasteiger partial charge is 0.345 e. The Hall–Kier alpha value is -1.89. The number of likely N-dealkylation sites (N-methyl/N-ethyl adjacent to an activating group) is 1. The summed E-state index contributed by atoms with van der Waals surface area (Å²) in [5, 5.41) is 8.38. The van der Waals surface area contributed by atoms with Crippen LogP contribution in [-0.4, -0.2) is 29.4 Å². The van der Waals surface area contributed by atoms with Crippen LogP contribution in [-0.2, 0) is 11.2 Å². The first-order valence-corrected chi connectivity index (χ1v) is 5.24. The number of nitrogens with zero attached hydrogens (tertiary/aromatic N) is 3. The van der Waals surface area contributed by atoms with Crippen LogP contribution in [0.15, 0.2) is 24.5 Å². The molecule has 4 nitrogen and oxygen atoms in total. The van der Waals surface area contributed by atoms with Crippen LogP contribution in [0.1, 0.15) is 18.4 Å². The highest BCUT2D eigenvalue weighted by molar-refractivity contribution is 5.76. The van der Waals surface area contributed by atoms with Gasteiger partial charge in [0.15, 0.2) is 0 Å². The molecule has 84 valence electrons. The van der Waals surface area contributed by atoms with E-state index in [1.807, 2.05) is 18.2 Å². The highest BCUT2D eigenvalue weighted by atomic mass is 16.2. The normalized spacial score (nSPS) is 9.50. The first kappa shape index (κ1) is 12.2. The van der Waals surface area contributed by atoms with E-state index in [-0.39, 0.29) is 5.91 Å². The fourth-order valence-electron chi connectivity index (χ4n) is 1.32. The maximum absolute atomic E-state index is 11.5. The summed E-state index contributed by atoms with van der Waals surface area (Å²) in [6.07, 6.45) is 4.90.